The zero-order valence-electron chi connectivity index (χ0n) is 17.2. The van der Waals surface area contributed by atoms with E-state index >= 15 is 0 Å². The molecule has 2 rings (SSSR count). The Morgan fingerprint density at radius 3 is 2.46 bits per heavy atom. The molecule has 2 aromatic carbocycles. The lowest BCUT2D eigenvalue weighted by atomic mass is 9.98. The minimum Gasteiger partial charge on any atom is -0.484 e. The second-order valence-electron chi connectivity index (χ2n) is 7.26. The van der Waals surface area contributed by atoms with Gasteiger partial charge >= 0.3 is 0 Å². The number of thiocarbonyl (C=S) groups is 1. The Morgan fingerprint density at radius 1 is 1.14 bits per heavy atom. The maximum Gasteiger partial charge on any atom is 0.264 e. The van der Waals surface area contributed by atoms with Gasteiger partial charge in [0.2, 0.25) is 0 Å². The summed E-state index contributed by atoms with van der Waals surface area (Å²) in [7, 11) is 0. The minimum absolute atomic E-state index is 0.0851. The molecule has 0 radical (unpaired) electrons. The summed E-state index contributed by atoms with van der Waals surface area (Å²) in [4.78, 5) is 12.1. The van der Waals surface area contributed by atoms with Gasteiger partial charge in [0, 0.05) is 5.69 Å². The molecule has 0 atom stereocenters. The zero-order chi connectivity index (χ0) is 20.5. The molecule has 0 aliphatic carbocycles. The molecular weight excluding hydrogens is 368 g/mol. The average molecular weight is 399 g/mol. The third-order valence-electron chi connectivity index (χ3n) is 4.52. The van der Waals surface area contributed by atoms with Crippen LogP contribution in [0.3, 0.4) is 0 Å². The zero-order valence-corrected chi connectivity index (χ0v) is 18.0. The van der Waals surface area contributed by atoms with E-state index in [2.05, 4.69) is 50.5 Å². The van der Waals surface area contributed by atoms with Crippen molar-refractivity contribution in [1.82, 2.24) is 5.32 Å². The number of amides is 1. The molecule has 4 nitrogen and oxygen atoms in total. The van der Waals surface area contributed by atoms with E-state index in [1.807, 2.05) is 30.3 Å². The average Bonchev–Trinajstić information content (AvgIpc) is 2.65. The summed E-state index contributed by atoms with van der Waals surface area (Å²) in [6, 6.07) is 14.0. The number of unbranched alkanes of at least 4 members (excludes halogenated alkanes) is 1. The fraction of sp³-hybridized carbons (Fsp3) is 0.391. The number of carbonyl (C=O) groups excluding carboxylic acids is 1. The number of hydrogen-bond acceptors (Lipinski definition) is 3. The standard InChI is InChI=1S/C23H30N2O2S/c1-5-6-7-18-8-10-19(11-9-18)24-23(28)25-22(26)15-27-20-12-13-21(16(2)3)17(4)14-20/h8-14,16H,5-7,15H2,1-4H3,(H2,24,25,26,28). The predicted molar refractivity (Wildman–Crippen MR) is 120 cm³/mol. The van der Waals surface area contributed by atoms with Crippen LogP contribution in [0.5, 0.6) is 5.75 Å². The van der Waals surface area contributed by atoms with Gasteiger partial charge in [-0.2, -0.15) is 0 Å². The molecule has 5 heteroatoms. The maximum atomic E-state index is 12.1. The fourth-order valence-corrected chi connectivity index (χ4v) is 3.23. The lowest BCUT2D eigenvalue weighted by Crippen LogP contribution is -2.37. The third kappa shape index (κ3) is 6.97. The lowest BCUT2D eigenvalue weighted by molar-refractivity contribution is -0.121. The molecule has 0 aliphatic heterocycles. The van der Waals surface area contributed by atoms with Crippen LogP contribution in [-0.4, -0.2) is 17.6 Å². The van der Waals surface area contributed by atoms with Gasteiger partial charge in [0.25, 0.3) is 5.91 Å². The van der Waals surface area contributed by atoms with Crippen molar-refractivity contribution < 1.29 is 9.53 Å². The first-order valence-electron chi connectivity index (χ1n) is 9.82. The van der Waals surface area contributed by atoms with Crippen molar-refractivity contribution in [2.24, 2.45) is 0 Å². The van der Waals surface area contributed by atoms with E-state index in [1.165, 1.54) is 24.0 Å². The Kier molecular flexibility index (Phi) is 8.45. The number of nitrogens with one attached hydrogen (secondary N) is 2. The van der Waals surface area contributed by atoms with Gasteiger partial charge in [-0.25, -0.2) is 0 Å². The molecule has 150 valence electrons. The summed E-state index contributed by atoms with van der Waals surface area (Å²) in [5.74, 6) is 0.850. The molecule has 1 amide bonds. The summed E-state index contributed by atoms with van der Waals surface area (Å²) in [6.45, 7) is 8.46. The molecule has 0 saturated carbocycles. The largest absolute Gasteiger partial charge is 0.484 e. The van der Waals surface area contributed by atoms with Gasteiger partial charge in [-0.3, -0.25) is 10.1 Å². The Hall–Kier alpha value is -2.40. The monoisotopic (exact) mass is 398 g/mol. The highest BCUT2D eigenvalue weighted by molar-refractivity contribution is 7.80. The van der Waals surface area contributed by atoms with Crippen molar-refractivity contribution in [3.05, 3.63) is 59.2 Å². The first-order chi connectivity index (χ1) is 13.4. The molecule has 0 heterocycles. The topological polar surface area (TPSA) is 50.4 Å². The molecular formula is C23H30N2O2S. The molecule has 0 unspecified atom stereocenters. The number of carbonyl (C=O) groups is 1. The Morgan fingerprint density at radius 2 is 1.86 bits per heavy atom. The summed E-state index contributed by atoms with van der Waals surface area (Å²) in [5.41, 5.74) is 4.59. The van der Waals surface area contributed by atoms with Crippen LogP contribution in [0.15, 0.2) is 42.5 Å². The first-order valence-corrected chi connectivity index (χ1v) is 10.2. The van der Waals surface area contributed by atoms with Crippen molar-refractivity contribution in [3.8, 4) is 5.75 Å². The summed E-state index contributed by atoms with van der Waals surface area (Å²) in [6.07, 6.45) is 3.44. The number of aryl methyl sites for hydroxylation is 2. The van der Waals surface area contributed by atoms with Crippen molar-refractivity contribution in [2.45, 2.75) is 52.9 Å². The highest BCUT2D eigenvalue weighted by Gasteiger charge is 2.08. The first kappa shape index (κ1) is 21.9. The SMILES string of the molecule is CCCCc1ccc(NC(=S)NC(=O)COc2ccc(C(C)C)c(C)c2)cc1. The summed E-state index contributed by atoms with van der Waals surface area (Å²) in [5, 5.41) is 5.94. The number of rotatable bonds is 8. The van der Waals surface area contributed by atoms with Gasteiger partial charge in [0.1, 0.15) is 5.75 Å². The van der Waals surface area contributed by atoms with Gasteiger partial charge in [-0.1, -0.05) is 45.4 Å². The minimum atomic E-state index is -0.289. The van der Waals surface area contributed by atoms with Crippen LogP contribution < -0.4 is 15.4 Å². The van der Waals surface area contributed by atoms with Crippen molar-refractivity contribution in [3.63, 3.8) is 0 Å². The number of anilines is 1. The second-order valence-corrected chi connectivity index (χ2v) is 7.67. The second kappa shape index (κ2) is 10.8. The van der Waals surface area contributed by atoms with Crippen LogP contribution in [0.4, 0.5) is 5.69 Å². The van der Waals surface area contributed by atoms with Gasteiger partial charge < -0.3 is 10.1 Å². The smallest absolute Gasteiger partial charge is 0.264 e. The third-order valence-corrected chi connectivity index (χ3v) is 4.72. The Balaban J connectivity index is 1.79. The molecule has 0 aromatic heterocycles. The molecule has 2 aromatic rings. The van der Waals surface area contributed by atoms with E-state index in [9.17, 15) is 4.79 Å². The molecule has 2 N–H and O–H groups in total. The van der Waals surface area contributed by atoms with E-state index in [-0.39, 0.29) is 17.6 Å². The highest BCUT2D eigenvalue weighted by atomic mass is 32.1. The summed E-state index contributed by atoms with van der Waals surface area (Å²) < 4.78 is 5.59. The van der Waals surface area contributed by atoms with Gasteiger partial charge in [0.15, 0.2) is 11.7 Å². The van der Waals surface area contributed by atoms with Gasteiger partial charge in [0.05, 0.1) is 0 Å². The highest BCUT2D eigenvalue weighted by Crippen LogP contribution is 2.23. The van der Waals surface area contributed by atoms with Gasteiger partial charge in [-0.15, -0.1) is 0 Å². The predicted octanol–water partition coefficient (Wildman–Crippen LogP) is 5.35. The molecule has 0 aliphatic rings. The van der Waals surface area contributed by atoms with Crippen LogP contribution in [0.25, 0.3) is 0 Å². The van der Waals surface area contributed by atoms with Crippen molar-refractivity contribution in [2.75, 3.05) is 11.9 Å². The fourth-order valence-electron chi connectivity index (χ4n) is 3.00. The molecule has 0 fully saturated rings. The van der Waals surface area contributed by atoms with Crippen LogP contribution in [0.2, 0.25) is 0 Å². The molecule has 0 spiro atoms. The Labute approximate surface area is 173 Å². The summed E-state index contributed by atoms with van der Waals surface area (Å²) >= 11 is 5.21. The van der Waals surface area contributed by atoms with E-state index in [4.69, 9.17) is 17.0 Å². The van der Waals surface area contributed by atoms with E-state index in [1.54, 1.807) is 0 Å². The van der Waals surface area contributed by atoms with Crippen molar-refractivity contribution >= 4 is 28.9 Å². The molecule has 28 heavy (non-hydrogen) atoms. The van der Waals surface area contributed by atoms with Crippen LogP contribution in [0, 0.1) is 6.92 Å². The van der Waals surface area contributed by atoms with Crippen molar-refractivity contribution in [1.29, 1.82) is 0 Å². The Bertz CT molecular complexity index is 801. The van der Waals surface area contributed by atoms with E-state index < -0.39 is 0 Å². The molecule has 0 bridgehead atoms. The van der Waals surface area contributed by atoms with E-state index in [0.29, 0.717) is 11.7 Å². The quantitative estimate of drug-likeness (QED) is 0.588. The molecule has 0 saturated heterocycles. The maximum absolute atomic E-state index is 12.1. The lowest BCUT2D eigenvalue weighted by Gasteiger charge is -2.13. The van der Waals surface area contributed by atoms with Crippen LogP contribution >= 0.6 is 12.2 Å². The number of ether oxygens (including phenoxy) is 1. The number of hydrogen-bond donors (Lipinski definition) is 2. The number of benzene rings is 2. The van der Waals surface area contributed by atoms with Gasteiger partial charge in [-0.05, 0) is 78.9 Å². The van der Waals surface area contributed by atoms with Crippen LogP contribution in [-0.2, 0) is 11.2 Å². The van der Waals surface area contributed by atoms with Crippen LogP contribution in [0.1, 0.15) is 56.2 Å². The van der Waals surface area contributed by atoms with E-state index in [0.717, 1.165) is 17.7 Å². The normalized spacial score (nSPS) is 10.6.